The summed E-state index contributed by atoms with van der Waals surface area (Å²) in [4.78, 5) is 0. The average molecular weight is 423 g/mol. The molecule has 0 N–H and O–H groups in total. The Morgan fingerprint density at radius 1 is 0.625 bits per heavy atom. The molecule has 1 rings (SSSR count). The Balaban J connectivity index is 2.16. The number of hydrogen-bond acceptors (Lipinski definition) is 5. The molecule has 24 heavy (non-hydrogen) atoms. The summed E-state index contributed by atoms with van der Waals surface area (Å²) >= 11 is 13.2. The molecule has 1 aromatic heterocycles. The van der Waals surface area contributed by atoms with Crippen molar-refractivity contribution in [2.24, 2.45) is 0 Å². The SMILES string of the molecule is CCCCCCCCSc1sc(=S)sc1SCCCCCCCC. The van der Waals surface area contributed by atoms with Gasteiger partial charge in [-0.2, -0.15) is 0 Å². The van der Waals surface area contributed by atoms with Gasteiger partial charge < -0.3 is 0 Å². The lowest BCUT2D eigenvalue weighted by atomic mass is 10.1. The summed E-state index contributed by atoms with van der Waals surface area (Å²) in [7, 11) is 0. The van der Waals surface area contributed by atoms with Gasteiger partial charge in [0, 0.05) is 0 Å². The third kappa shape index (κ3) is 11.6. The Morgan fingerprint density at radius 2 is 1.00 bits per heavy atom. The van der Waals surface area contributed by atoms with Gasteiger partial charge in [0.25, 0.3) is 0 Å². The molecule has 0 fully saturated rings. The molecule has 0 spiro atoms. The molecule has 0 aliphatic rings. The zero-order chi connectivity index (χ0) is 17.5. The molecule has 0 unspecified atom stereocenters. The molecule has 0 atom stereocenters. The molecule has 0 amide bonds. The zero-order valence-corrected chi connectivity index (χ0v) is 19.5. The second kappa shape index (κ2) is 16.2. The van der Waals surface area contributed by atoms with Crippen LogP contribution >= 0.6 is 58.4 Å². The van der Waals surface area contributed by atoms with Crippen molar-refractivity contribution in [1.29, 1.82) is 0 Å². The molecule has 5 heteroatoms. The Bertz CT molecular complexity index is 410. The molecule has 0 aliphatic heterocycles. The Morgan fingerprint density at radius 3 is 1.42 bits per heavy atom. The van der Waals surface area contributed by atoms with Gasteiger partial charge in [-0.3, -0.25) is 0 Å². The maximum Gasteiger partial charge on any atom is 0.145 e. The number of hydrogen-bond donors (Lipinski definition) is 0. The first-order valence-electron chi connectivity index (χ1n) is 9.67. The normalized spacial score (nSPS) is 11.2. The molecule has 0 saturated heterocycles. The molecule has 0 radical (unpaired) electrons. The van der Waals surface area contributed by atoms with Gasteiger partial charge in [0.1, 0.15) is 3.14 Å². The van der Waals surface area contributed by atoms with E-state index in [1.807, 2.05) is 46.2 Å². The highest BCUT2D eigenvalue weighted by Crippen LogP contribution is 2.41. The van der Waals surface area contributed by atoms with Crippen LogP contribution < -0.4 is 0 Å². The van der Waals surface area contributed by atoms with Gasteiger partial charge in [-0.15, -0.1) is 46.2 Å². The maximum absolute atomic E-state index is 5.43. The van der Waals surface area contributed by atoms with Crippen molar-refractivity contribution < 1.29 is 0 Å². The van der Waals surface area contributed by atoms with Crippen LogP contribution in [0.15, 0.2) is 8.42 Å². The topological polar surface area (TPSA) is 0 Å². The fourth-order valence-electron chi connectivity index (χ4n) is 2.53. The lowest BCUT2D eigenvalue weighted by molar-refractivity contribution is 0.627. The van der Waals surface area contributed by atoms with Crippen molar-refractivity contribution in [2.75, 3.05) is 11.5 Å². The van der Waals surface area contributed by atoms with Crippen LogP contribution in [0.5, 0.6) is 0 Å². The van der Waals surface area contributed by atoms with Gasteiger partial charge in [0.05, 0.1) is 8.42 Å². The van der Waals surface area contributed by atoms with Gasteiger partial charge in [0.2, 0.25) is 0 Å². The molecule has 0 nitrogen and oxygen atoms in total. The number of rotatable bonds is 16. The maximum atomic E-state index is 5.43. The second-order valence-corrected chi connectivity index (χ2v) is 12.2. The lowest BCUT2D eigenvalue weighted by Crippen LogP contribution is -1.83. The van der Waals surface area contributed by atoms with Crippen LogP contribution in [0, 0.1) is 3.14 Å². The molecule has 0 saturated carbocycles. The predicted octanol–water partition coefficient (Wildman–Crippen LogP) is 9.44. The van der Waals surface area contributed by atoms with Crippen molar-refractivity contribution in [3.63, 3.8) is 0 Å². The summed E-state index contributed by atoms with van der Waals surface area (Å²) in [6.07, 6.45) is 16.6. The van der Waals surface area contributed by atoms with Crippen LogP contribution in [0.1, 0.15) is 90.9 Å². The Labute approximate surface area is 171 Å². The van der Waals surface area contributed by atoms with E-state index < -0.39 is 0 Å². The Kier molecular flexibility index (Phi) is 15.5. The summed E-state index contributed by atoms with van der Waals surface area (Å²) < 4.78 is 4.09. The average Bonchev–Trinajstić information content (AvgIpc) is 2.93. The lowest BCUT2D eigenvalue weighted by Gasteiger charge is -2.04. The molecule has 0 aliphatic carbocycles. The van der Waals surface area contributed by atoms with Crippen LogP contribution in [-0.2, 0) is 0 Å². The van der Waals surface area contributed by atoms with E-state index >= 15 is 0 Å². The minimum absolute atomic E-state index is 1.10. The third-order valence-corrected chi connectivity index (χ3v) is 9.74. The van der Waals surface area contributed by atoms with E-state index in [0.29, 0.717) is 0 Å². The van der Waals surface area contributed by atoms with Crippen molar-refractivity contribution in [1.82, 2.24) is 0 Å². The largest absolute Gasteiger partial charge is 0.145 e. The first-order valence-corrected chi connectivity index (χ1v) is 13.7. The molecule has 1 heterocycles. The molecule has 140 valence electrons. The van der Waals surface area contributed by atoms with Gasteiger partial charge in [-0.1, -0.05) is 90.3 Å². The fourth-order valence-corrected chi connectivity index (χ4v) is 8.78. The molecule has 1 aromatic rings. The highest BCUT2D eigenvalue weighted by Gasteiger charge is 2.08. The van der Waals surface area contributed by atoms with Crippen LogP contribution in [0.3, 0.4) is 0 Å². The van der Waals surface area contributed by atoms with Crippen LogP contribution in [0.2, 0.25) is 0 Å². The monoisotopic (exact) mass is 422 g/mol. The molecule has 0 aromatic carbocycles. The van der Waals surface area contributed by atoms with E-state index in [0.717, 1.165) is 3.14 Å². The first-order chi connectivity index (χ1) is 11.8. The summed E-state index contributed by atoms with van der Waals surface area (Å²) in [5.41, 5.74) is 0. The van der Waals surface area contributed by atoms with Crippen LogP contribution in [0.4, 0.5) is 0 Å². The van der Waals surface area contributed by atoms with Crippen LogP contribution in [-0.4, -0.2) is 11.5 Å². The van der Waals surface area contributed by atoms with Gasteiger partial charge in [0.15, 0.2) is 0 Å². The van der Waals surface area contributed by atoms with E-state index in [1.165, 1.54) is 97.0 Å². The van der Waals surface area contributed by atoms with Crippen LogP contribution in [0.25, 0.3) is 0 Å². The van der Waals surface area contributed by atoms with Crippen molar-refractivity contribution >= 4 is 58.4 Å². The molecule has 0 bridgehead atoms. The second-order valence-electron chi connectivity index (χ2n) is 6.26. The highest BCUT2D eigenvalue weighted by atomic mass is 32.2. The minimum Gasteiger partial charge on any atom is -0.113 e. The highest BCUT2D eigenvalue weighted by molar-refractivity contribution is 8.05. The zero-order valence-electron chi connectivity index (χ0n) is 15.4. The molecular weight excluding hydrogens is 389 g/mol. The smallest absolute Gasteiger partial charge is 0.113 e. The van der Waals surface area contributed by atoms with Crippen molar-refractivity contribution in [2.45, 2.75) is 99.3 Å². The van der Waals surface area contributed by atoms with E-state index in [-0.39, 0.29) is 0 Å². The number of unbranched alkanes of at least 4 members (excludes halogenated alkanes) is 10. The van der Waals surface area contributed by atoms with Gasteiger partial charge in [-0.25, -0.2) is 0 Å². The summed E-state index contributed by atoms with van der Waals surface area (Å²) in [6, 6.07) is 0. The fraction of sp³-hybridized carbons (Fsp3) is 0.842. The van der Waals surface area contributed by atoms with E-state index in [1.54, 1.807) is 0 Å². The standard InChI is InChI=1S/C19H34S5/c1-3-5-7-9-11-13-15-21-17-18(24-19(20)23-17)22-16-14-12-10-8-6-4-2/h3-16H2,1-2H3. The van der Waals surface area contributed by atoms with Crippen molar-refractivity contribution in [3.8, 4) is 0 Å². The van der Waals surface area contributed by atoms with Crippen molar-refractivity contribution in [3.05, 3.63) is 3.14 Å². The van der Waals surface area contributed by atoms with E-state index in [2.05, 4.69) is 13.8 Å². The van der Waals surface area contributed by atoms with E-state index in [4.69, 9.17) is 12.2 Å². The number of thioether (sulfide) groups is 2. The molecular formula is C19H34S5. The summed E-state index contributed by atoms with van der Waals surface area (Å²) in [6.45, 7) is 4.56. The Hall–Kier alpha value is 0.970. The minimum atomic E-state index is 1.10. The van der Waals surface area contributed by atoms with Gasteiger partial charge >= 0.3 is 0 Å². The quantitative estimate of drug-likeness (QED) is 0.148. The summed E-state index contributed by atoms with van der Waals surface area (Å²) in [5, 5.41) is 0. The predicted molar refractivity (Wildman–Crippen MR) is 121 cm³/mol. The van der Waals surface area contributed by atoms with Gasteiger partial charge in [-0.05, 0) is 24.3 Å². The summed E-state index contributed by atoms with van der Waals surface area (Å²) in [5.74, 6) is 2.53. The third-order valence-electron chi connectivity index (χ3n) is 3.98. The van der Waals surface area contributed by atoms with E-state index in [9.17, 15) is 0 Å². The first kappa shape index (κ1) is 23.0.